The third-order valence-corrected chi connectivity index (χ3v) is 27.8. The Morgan fingerprint density at radius 2 is 0.890 bits per heavy atom. The van der Waals surface area contributed by atoms with Crippen molar-refractivity contribution in [1.29, 1.82) is 0 Å². The molecule has 0 bridgehead atoms. The number of aromatic amines is 4. The maximum Gasteiger partial charge on any atom is 0.410 e. The van der Waals surface area contributed by atoms with Gasteiger partial charge in [0.15, 0.2) is 0 Å². The van der Waals surface area contributed by atoms with Crippen LogP contribution in [0.2, 0.25) is 0 Å². The van der Waals surface area contributed by atoms with Gasteiger partial charge in [-0.15, -0.1) is 0 Å². The van der Waals surface area contributed by atoms with Crippen molar-refractivity contribution in [2.24, 2.45) is 47.3 Å². The number of aliphatic hydroxyl groups excluding tert-OH is 1. The van der Waals surface area contributed by atoms with Gasteiger partial charge in [-0.2, -0.15) is 0 Å². The van der Waals surface area contributed by atoms with Crippen molar-refractivity contribution in [3.8, 4) is 56.3 Å². The van der Waals surface area contributed by atoms with Gasteiger partial charge in [0.2, 0.25) is 11.8 Å². The van der Waals surface area contributed by atoms with Crippen LogP contribution in [0.15, 0.2) is 97.3 Å². The number of imidazole rings is 4. The second-order valence-electron chi connectivity index (χ2n) is 38.5. The zero-order valence-electron chi connectivity index (χ0n) is 81.3. The number of carboxylic acids is 1. The molecule has 10 aromatic rings. The Morgan fingerprint density at radius 3 is 1.32 bits per heavy atom. The minimum atomic E-state index is -1.04. The average Bonchev–Trinajstić information content (AvgIpc) is 1.43. The summed E-state index contributed by atoms with van der Waals surface area (Å²) < 4.78 is 48.7. The minimum absolute atomic E-state index is 0.0136. The van der Waals surface area contributed by atoms with Crippen LogP contribution in [0.4, 0.5) is 24.0 Å². The van der Waals surface area contributed by atoms with Crippen LogP contribution in [-0.2, 0) is 60.8 Å². The first-order chi connectivity index (χ1) is 65.1. The average molecular weight is 1870 g/mol. The van der Waals surface area contributed by atoms with Gasteiger partial charge in [0.05, 0.1) is 118 Å². The minimum Gasteiger partial charge on any atom is -0.488 e. The van der Waals surface area contributed by atoms with E-state index in [1.807, 2.05) is 108 Å². The van der Waals surface area contributed by atoms with Crippen molar-refractivity contribution in [2.75, 3.05) is 82.1 Å². The van der Waals surface area contributed by atoms with Gasteiger partial charge in [0, 0.05) is 68.2 Å². The lowest BCUT2D eigenvalue weighted by atomic mass is 9.92. The second-order valence-corrected chi connectivity index (χ2v) is 38.5. The summed E-state index contributed by atoms with van der Waals surface area (Å²) in [7, 11) is 8.51. The quantitative estimate of drug-likeness (QED) is 0.0214. The van der Waals surface area contributed by atoms with Crippen molar-refractivity contribution >= 4 is 91.9 Å². The first-order valence-corrected chi connectivity index (χ1v) is 47.3. The fourth-order valence-electron chi connectivity index (χ4n) is 19.7. The normalized spacial score (nSPS) is 20.9. The number of nitrogens with one attached hydrogen (secondary N) is 8. The summed E-state index contributed by atoms with van der Waals surface area (Å²) >= 11 is 0. The van der Waals surface area contributed by atoms with Gasteiger partial charge in [-0.05, 0) is 181 Å². The third kappa shape index (κ3) is 21.5. The number of aliphatic hydroxyl groups is 1. The number of H-pyrrole nitrogens is 4. The molecule has 4 unspecified atom stereocenters. The van der Waals surface area contributed by atoms with Gasteiger partial charge < -0.3 is 104 Å². The Balaban J connectivity index is 0.000000193. The Kier molecular flexibility index (Phi) is 31.2. The highest BCUT2D eigenvalue weighted by Crippen LogP contribution is 2.48. The van der Waals surface area contributed by atoms with Crippen LogP contribution < -0.4 is 30.7 Å². The van der Waals surface area contributed by atoms with E-state index < -0.39 is 66.3 Å². The first kappa shape index (κ1) is 99.4. The molecule has 35 heteroatoms. The molecule has 136 heavy (non-hydrogen) atoms. The number of hydrogen-bond acceptors (Lipinski definition) is 23. The molecule has 10 N–H and O–H groups in total. The molecule has 6 aromatic carbocycles. The summed E-state index contributed by atoms with van der Waals surface area (Å²) in [5, 5.41) is 35.3. The number of nitrogens with zero attached hydrogens (tertiary/aromatic N) is 8. The zero-order valence-corrected chi connectivity index (χ0v) is 81.3. The van der Waals surface area contributed by atoms with E-state index >= 15 is 0 Å². The number of carbonyl (C=O) groups excluding carboxylic acids is 7. The van der Waals surface area contributed by atoms with Gasteiger partial charge in [0.1, 0.15) is 78.0 Å². The molecule has 0 spiro atoms. The molecular weight excluding hydrogens is 1740 g/mol. The molecule has 0 radical (unpaired) electrons. The van der Waals surface area contributed by atoms with E-state index in [2.05, 4.69) is 133 Å². The lowest BCUT2D eigenvalue weighted by Gasteiger charge is -2.36. The van der Waals surface area contributed by atoms with E-state index in [0.29, 0.717) is 64.9 Å². The van der Waals surface area contributed by atoms with Crippen LogP contribution in [-0.4, -0.2) is 236 Å². The van der Waals surface area contributed by atoms with Crippen LogP contribution >= 0.6 is 0 Å². The number of alkyl carbamates (subject to hydrolysis) is 4. The number of fused-ring (bicyclic) bond motifs is 12. The van der Waals surface area contributed by atoms with E-state index in [-0.39, 0.29) is 89.4 Å². The molecule has 7 amide bonds. The molecule has 16 rings (SSSR count). The second kappa shape index (κ2) is 42.8. The molecule has 4 saturated heterocycles. The Hall–Kier alpha value is -12.6. The number of amides is 7. The summed E-state index contributed by atoms with van der Waals surface area (Å²) in [5.41, 5.74) is 12.7. The van der Waals surface area contributed by atoms with Crippen LogP contribution in [0.3, 0.4) is 0 Å². The van der Waals surface area contributed by atoms with Gasteiger partial charge in [0.25, 0.3) is 0 Å². The number of carboxylic acid groups (broad SMARTS) is 1. The van der Waals surface area contributed by atoms with Gasteiger partial charge >= 0.3 is 36.4 Å². The fraction of sp³-hybridized carbons (Fsp3) is 0.525. The van der Waals surface area contributed by atoms with Crippen molar-refractivity contribution in [1.82, 2.24) is 80.7 Å². The number of ether oxygens (including phenoxy) is 9. The maximum absolute atomic E-state index is 14.0. The maximum atomic E-state index is 14.0. The number of methoxy groups -OCH3 is 6. The molecule has 4 fully saturated rings. The third-order valence-electron chi connectivity index (χ3n) is 27.8. The largest absolute Gasteiger partial charge is 0.488 e. The lowest BCUT2D eigenvalue weighted by molar-refractivity contribution is -0.140. The van der Waals surface area contributed by atoms with Crippen LogP contribution in [0.25, 0.3) is 88.4 Å². The topological polar surface area (TPSA) is 436 Å². The number of benzene rings is 6. The van der Waals surface area contributed by atoms with Crippen LogP contribution in [0.1, 0.15) is 200 Å². The first-order valence-electron chi connectivity index (χ1n) is 47.3. The van der Waals surface area contributed by atoms with E-state index in [9.17, 15) is 43.5 Å². The van der Waals surface area contributed by atoms with E-state index in [1.54, 1.807) is 26.0 Å². The molecule has 6 aliphatic rings. The summed E-state index contributed by atoms with van der Waals surface area (Å²) in [6.45, 7) is 29.6. The van der Waals surface area contributed by atoms with Gasteiger partial charge in [-0.1, -0.05) is 131 Å². The summed E-state index contributed by atoms with van der Waals surface area (Å²) in [6, 6.07) is 25.6. The highest BCUT2D eigenvalue weighted by atomic mass is 16.6. The molecular formula is C101H132N16O19. The highest BCUT2D eigenvalue weighted by molar-refractivity contribution is 6.08. The molecule has 730 valence electrons. The molecule has 35 nitrogen and oxygen atoms in total. The van der Waals surface area contributed by atoms with E-state index in [4.69, 9.17) is 62.9 Å². The van der Waals surface area contributed by atoms with E-state index in [1.165, 1.54) is 28.4 Å². The Morgan fingerprint density at radius 1 is 0.478 bits per heavy atom. The Bertz CT molecular complexity index is 6000. The number of aliphatic carboxylic acids is 1. The Labute approximate surface area is 792 Å². The SMILES string of the molecule is CC[C@H](C)C(NC(=O)OC)C(O)N1C[C@@H](COC)C[C@H]1c1nc2c(ccc3cc4c(cc32)OCc2cc(-c3cnc(C5C[C@H](C)CN5C(=O)[C@@H](NC(=O)OC)[C@@H](C)CC)[nH]3)ccc2-4)[nH]1.CC[C@H](C)[C@H](NC(=O)OC)C(=O)N1C[C@@H](C)CC1c1ncc(-c2ccc3c(c2)COc2cc4c(ccc5[nH]c([C@@H]6C[C@H](COC)CN6C(=O)OC(C)(C)C)nc54)cc2-3)[nH]1.CC[C@H](C)[C@H](NC(=O)OC)C(=O)O. The summed E-state index contributed by atoms with van der Waals surface area (Å²) in [5.74, 6) is 3.74. The molecule has 6 aliphatic heterocycles. The molecule has 10 heterocycles. The highest BCUT2D eigenvalue weighted by Gasteiger charge is 2.47. The van der Waals surface area contributed by atoms with Crippen LogP contribution in [0.5, 0.6) is 11.5 Å². The number of hydrogen-bond donors (Lipinski definition) is 10. The van der Waals surface area contributed by atoms with Crippen LogP contribution in [0, 0.1) is 47.3 Å². The lowest BCUT2D eigenvalue weighted by Crippen LogP contribution is -2.54. The molecule has 17 atom stereocenters. The smallest absolute Gasteiger partial charge is 0.410 e. The molecule has 4 aromatic heterocycles. The number of aromatic nitrogens is 8. The predicted octanol–water partition coefficient (Wildman–Crippen LogP) is 16.6. The van der Waals surface area contributed by atoms with E-state index in [0.717, 1.165) is 173 Å². The monoisotopic (exact) mass is 1870 g/mol. The number of carbonyl (C=O) groups is 8. The molecule has 0 saturated carbocycles. The van der Waals surface area contributed by atoms with Gasteiger partial charge in [-0.3, -0.25) is 19.4 Å². The van der Waals surface area contributed by atoms with Crippen molar-refractivity contribution < 1.29 is 91.2 Å². The number of likely N-dealkylation sites (tertiary alicyclic amines) is 4. The van der Waals surface area contributed by atoms with Crippen molar-refractivity contribution in [2.45, 2.75) is 215 Å². The molecule has 0 aliphatic carbocycles. The summed E-state index contributed by atoms with van der Waals surface area (Å²) in [4.78, 5) is 141. The van der Waals surface area contributed by atoms with Crippen molar-refractivity contribution in [3.63, 3.8) is 0 Å². The predicted molar refractivity (Wildman–Crippen MR) is 512 cm³/mol. The zero-order chi connectivity index (χ0) is 97.6. The fourth-order valence-corrected chi connectivity index (χ4v) is 19.7. The standard InChI is InChI=1S/C48H62N8O8.C45H55N7O7.C8H15NO4/c1-9-26(4)40(53-47(59)62-7)45(57)55-21-25(3)15-37(55)43-49-20-36(51-43)30-11-13-32-31(17-30)24-64-39-19-33-29(18-34(32)39)12-14-35-42(33)52-44(50-35)38-16-28(23-61-6)22-56(38)46(58)41(27(5)10-2)54-48(60)63-8;1-9-25(3)38(50-43(54)57-8)42(53)51-20-24(2)14-35(51)40-46-19-34(48-40)28-10-12-30-29(16-28)23-58-37-18-31-27(17-32(30)37)11-13-33-39(31)49-41(47-33)36-15-26(22-56-7)21-52(36)44(55)59-45(4,5)6;1-4-5(2)6(7(10)11)9-8(12)13-3/h11-14,17-20,25-28,37-38,40-41,46,58H,9-10,15-16,21-24H2,1-8H3,(H,49,51)(H,50,52)(H,53,59)(H,54,60);10-13,16-19,24-26,35-36,38H,9,14-15,20-23H2,1-8H3,(H,46,48)(H,47,49)(H,50,54);5-6H,4H2,1-3H3,(H,9,12)(H,10,11)/t25-,26-,27-,28-,37?,38-,40-,41?,46?;24-,25-,26-,35?,36-,38-;5-,6-/m000/s1. The van der Waals surface area contributed by atoms with Crippen molar-refractivity contribution in [3.05, 3.63) is 132 Å². The van der Waals surface area contributed by atoms with Gasteiger partial charge in [-0.25, -0.2) is 48.7 Å². The number of rotatable bonds is 27. The summed E-state index contributed by atoms with van der Waals surface area (Å²) in [6.07, 6.45) is 5.62.